The molecule has 1 heterocycles. The lowest BCUT2D eigenvalue weighted by atomic mass is 10.2. The van der Waals surface area contributed by atoms with Crippen LogP contribution in [0.5, 0.6) is 0 Å². The Morgan fingerprint density at radius 2 is 2.00 bits per heavy atom. The van der Waals surface area contributed by atoms with Gasteiger partial charge in [-0.25, -0.2) is 4.98 Å². The molecule has 0 amide bonds. The van der Waals surface area contributed by atoms with Crippen LogP contribution in [0.15, 0.2) is 34.9 Å². The zero-order chi connectivity index (χ0) is 9.97. The van der Waals surface area contributed by atoms with Gasteiger partial charge >= 0.3 is 0 Å². The molecule has 0 N–H and O–H groups in total. The van der Waals surface area contributed by atoms with E-state index in [2.05, 4.69) is 4.98 Å². The molecule has 0 spiro atoms. The Labute approximate surface area is 87.5 Å². The number of aryl methyl sites for hydroxylation is 1. The first kappa shape index (κ1) is 9.28. The molecule has 0 saturated heterocycles. The van der Waals surface area contributed by atoms with E-state index in [0.717, 1.165) is 28.7 Å². The number of hydrogen-bond acceptors (Lipinski definition) is 2. The lowest BCUT2D eigenvalue weighted by Gasteiger charge is -1.95. The molecule has 0 aliphatic heterocycles. The van der Waals surface area contributed by atoms with Crippen molar-refractivity contribution in [2.24, 2.45) is 0 Å². The molecule has 0 radical (unpaired) electrons. The van der Waals surface area contributed by atoms with E-state index in [1.165, 1.54) is 0 Å². The monoisotopic (exact) mass is 207 g/mol. The molecule has 0 unspecified atom stereocenters. The lowest BCUT2D eigenvalue weighted by molar-refractivity contribution is 0.514. The summed E-state index contributed by atoms with van der Waals surface area (Å²) < 4.78 is 5.50. The van der Waals surface area contributed by atoms with Gasteiger partial charge in [0.15, 0.2) is 11.7 Å². The minimum absolute atomic E-state index is 0.726. The number of oxazole rings is 1. The fourth-order valence-corrected chi connectivity index (χ4v) is 1.35. The highest BCUT2D eigenvalue weighted by atomic mass is 35.5. The first-order valence-corrected chi connectivity index (χ1v) is 4.88. The Morgan fingerprint density at radius 3 is 2.57 bits per heavy atom. The zero-order valence-electron chi connectivity index (χ0n) is 7.83. The molecule has 14 heavy (non-hydrogen) atoms. The Balaban J connectivity index is 2.34. The number of nitrogens with zero attached hydrogens (tertiary/aromatic N) is 1. The van der Waals surface area contributed by atoms with Crippen molar-refractivity contribution in [3.05, 3.63) is 41.4 Å². The first-order chi connectivity index (χ1) is 6.79. The van der Waals surface area contributed by atoms with Crippen molar-refractivity contribution in [3.8, 4) is 11.3 Å². The van der Waals surface area contributed by atoms with Gasteiger partial charge in [-0.1, -0.05) is 18.5 Å². The van der Waals surface area contributed by atoms with Gasteiger partial charge in [0.1, 0.15) is 0 Å². The highest BCUT2D eigenvalue weighted by Gasteiger charge is 2.03. The summed E-state index contributed by atoms with van der Waals surface area (Å²) in [4.78, 5) is 4.13. The molecule has 0 fully saturated rings. The normalized spacial score (nSPS) is 10.4. The fourth-order valence-electron chi connectivity index (χ4n) is 1.22. The summed E-state index contributed by atoms with van der Waals surface area (Å²) in [7, 11) is 0. The van der Waals surface area contributed by atoms with Gasteiger partial charge in [-0.3, -0.25) is 0 Å². The molecular formula is C11H10ClNO. The summed E-state index contributed by atoms with van der Waals surface area (Å²) in [5.41, 5.74) is 1.00. The van der Waals surface area contributed by atoms with Crippen LogP contribution < -0.4 is 0 Å². The molecule has 1 aromatic heterocycles. The molecule has 0 bridgehead atoms. The smallest absolute Gasteiger partial charge is 0.194 e. The average Bonchev–Trinajstić information content (AvgIpc) is 2.67. The van der Waals surface area contributed by atoms with E-state index in [4.69, 9.17) is 16.0 Å². The van der Waals surface area contributed by atoms with Crippen LogP contribution in [0.3, 0.4) is 0 Å². The second-order valence-electron chi connectivity index (χ2n) is 2.98. The number of aromatic nitrogens is 1. The van der Waals surface area contributed by atoms with Crippen LogP contribution in [-0.2, 0) is 6.42 Å². The van der Waals surface area contributed by atoms with E-state index in [-0.39, 0.29) is 0 Å². The molecule has 2 rings (SSSR count). The predicted molar refractivity (Wildman–Crippen MR) is 56.3 cm³/mol. The molecule has 0 saturated carbocycles. The first-order valence-electron chi connectivity index (χ1n) is 4.50. The van der Waals surface area contributed by atoms with Crippen LogP contribution in [-0.4, -0.2) is 4.98 Å². The minimum atomic E-state index is 0.726. The molecule has 2 aromatic rings. The van der Waals surface area contributed by atoms with Crippen molar-refractivity contribution in [2.45, 2.75) is 13.3 Å². The van der Waals surface area contributed by atoms with Crippen molar-refractivity contribution in [1.29, 1.82) is 0 Å². The Kier molecular flexibility index (Phi) is 2.55. The molecule has 0 atom stereocenters. The van der Waals surface area contributed by atoms with E-state index < -0.39 is 0 Å². The fraction of sp³-hybridized carbons (Fsp3) is 0.182. The highest BCUT2D eigenvalue weighted by Crippen LogP contribution is 2.22. The molecule has 3 heteroatoms. The standard InChI is InChI=1S/C11H10ClNO/c1-2-11-13-7-10(14-11)8-3-5-9(12)6-4-8/h3-7H,2H2,1H3. The number of rotatable bonds is 2. The van der Waals surface area contributed by atoms with Gasteiger partial charge in [0.05, 0.1) is 6.20 Å². The average molecular weight is 208 g/mol. The molecular weight excluding hydrogens is 198 g/mol. The van der Waals surface area contributed by atoms with Crippen LogP contribution in [0.2, 0.25) is 5.02 Å². The van der Waals surface area contributed by atoms with Gasteiger partial charge in [-0.15, -0.1) is 0 Å². The SMILES string of the molecule is CCc1ncc(-c2ccc(Cl)cc2)o1. The third-order valence-corrected chi connectivity index (χ3v) is 2.24. The maximum Gasteiger partial charge on any atom is 0.194 e. The molecule has 72 valence electrons. The maximum absolute atomic E-state index is 5.79. The summed E-state index contributed by atoms with van der Waals surface area (Å²) in [5.74, 6) is 1.55. The van der Waals surface area contributed by atoms with Crippen LogP contribution in [0.25, 0.3) is 11.3 Å². The second kappa shape index (κ2) is 3.84. The van der Waals surface area contributed by atoms with Gasteiger partial charge in [-0.2, -0.15) is 0 Å². The summed E-state index contributed by atoms with van der Waals surface area (Å²) in [6.45, 7) is 2.01. The van der Waals surface area contributed by atoms with Gasteiger partial charge < -0.3 is 4.42 Å². The Morgan fingerprint density at radius 1 is 1.29 bits per heavy atom. The quantitative estimate of drug-likeness (QED) is 0.753. The molecule has 0 aliphatic carbocycles. The van der Waals surface area contributed by atoms with E-state index in [9.17, 15) is 0 Å². The third-order valence-electron chi connectivity index (χ3n) is 1.98. The summed E-state index contributed by atoms with van der Waals surface area (Å²) in [5, 5.41) is 0.726. The van der Waals surface area contributed by atoms with Gasteiger partial charge in [0, 0.05) is 17.0 Å². The minimum Gasteiger partial charge on any atom is -0.441 e. The van der Waals surface area contributed by atoms with E-state index >= 15 is 0 Å². The topological polar surface area (TPSA) is 26.0 Å². The Bertz CT molecular complexity index is 419. The van der Waals surface area contributed by atoms with Gasteiger partial charge in [0.25, 0.3) is 0 Å². The molecule has 0 aliphatic rings. The van der Waals surface area contributed by atoms with Gasteiger partial charge in [-0.05, 0) is 24.3 Å². The summed E-state index contributed by atoms with van der Waals surface area (Å²) in [6.07, 6.45) is 2.55. The van der Waals surface area contributed by atoms with Crippen LogP contribution >= 0.6 is 11.6 Å². The van der Waals surface area contributed by atoms with Crippen LogP contribution in [0.4, 0.5) is 0 Å². The molecule has 1 aromatic carbocycles. The summed E-state index contributed by atoms with van der Waals surface area (Å²) in [6, 6.07) is 7.51. The van der Waals surface area contributed by atoms with Gasteiger partial charge in [0.2, 0.25) is 0 Å². The van der Waals surface area contributed by atoms with Crippen molar-refractivity contribution < 1.29 is 4.42 Å². The van der Waals surface area contributed by atoms with Crippen molar-refractivity contribution in [1.82, 2.24) is 4.98 Å². The maximum atomic E-state index is 5.79. The van der Waals surface area contributed by atoms with E-state index in [0.29, 0.717) is 0 Å². The highest BCUT2D eigenvalue weighted by molar-refractivity contribution is 6.30. The summed E-state index contributed by atoms with van der Waals surface area (Å²) >= 11 is 5.79. The third kappa shape index (κ3) is 1.80. The van der Waals surface area contributed by atoms with Crippen molar-refractivity contribution in [2.75, 3.05) is 0 Å². The second-order valence-corrected chi connectivity index (χ2v) is 3.42. The number of hydrogen-bond donors (Lipinski definition) is 0. The van der Waals surface area contributed by atoms with Crippen LogP contribution in [0.1, 0.15) is 12.8 Å². The Hall–Kier alpha value is -1.28. The number of halogens is 1. The van der Waals surface area contributed by atoms with E-state index in [1.54, 1.807) is 6.20 Å². The molecule has 2 nitrogen and oxygen atoms in total. The van der Waals surface area contributed by atoms with Crippen LogP contribution in [0, 0.1) is 0 Å². The van der Waals surface area contributed by atoms with Crippen molar-refractivity contribution in [3.63, 3.8) is 0 Å². The lowest BCUT2D eigenvalue weighted by Crippen LogP contribution is -1.74. The van der Waals surface area contributed by atoms with E-state index in [1.807, 2.05) is 31.2 Å². The van der Waals surface area contributed by atoms with Crippen molar-refractivity contribution >= 4 is 11.6 Å². The largest absolute Gasteiger partial charge is 0.441 e. The predicted octanol–water partition coefficient (Wildman–Crippen LogP) is 3.56. The number of benzene rings is 1. The zero-order valence-corrected chi connectivity index (χ0v) is 8.58.